The summed E-state index contributed by atoms with van der Waals surface area (Å²) >= 11 is 5.98. The van der Waals surface area contributed by atoms with E-state index in [0.29, 0.717) is 22.9 Å². The van der Waals surface area contributed by atoms with Gasteiger partial charge in [-0.3, -0.25) is 4.79 Å². The number of para-hydroxylation sites is 1. The molecule has 0 bridgehead atoms. The van der Waals surface area contributed by atoms with Gasteiger partial charge in [-0.05, 0) is 30.3 Å². The number of hydrogen-bond acceptors (Lipinski definition) is 3. The number of hydrogen-bond donors (Lipinski definition) is 1. The maximum absolute atomic E-state index is 13.2. The second kappa shape index (κ2) is 8.69. The first kappa shape index (κ1) is 23.4. The van der Waals surface area contributed by atoms with E-state index in [4.69, 9.17) is 16.3 Å². The van der Waals surface area contributed by atoms with Crippen LogP contribution in [-0.4, -0.2) is 22.3 Å². The molecule has 3 aromatic rings. The summed E-state index contributed by atoms with van der Waals surface area (Å²) in [6.07, 6.45) is -9.81. The number of halogens is 8. The number of nitrogens with zero attached hydrogens (tertiary/aromatic N) is 2. The van der Waals surface area contributed by atoms with Gasteiger partial charge in [-0.25, -0.2) is 4.39 Å². The predicted octanol–water partition coefficient (Wildman–Crippen LogP) is 5.72. The van der Waals surface area contributed by atoms with E-state index in [1.54, 1.807) is 0 Å². The van der Waals surface area contributed by atoms with Crippen LogP contribution in [0.5, 0.6) is 5.88 Å². The molecule has 0 saturated heterocycles. The Labute approximate surface area is 180 Å². The molecule has 0 aliphatic carbocycles. The Morgan fingerprint density at radius 3 is 2.34 bits per heavy atom. The molecule has 0 atom stereocenters. The number of carbonyl (C=O) groups excluding carboxylic acids is 1. The highest BCUT2D eigenvalue weighted by Crippen LogP contribution is 2.36. The number of benzene rings is 2. The quantitative estimate of drug-likeness (QED) is 0.474. The van der Waals surface area contributed by atoms with Crippen molar-refractivity contribution in [3.05, 3.63) is 70.6 Å². The minimum absolute atomic E-state index is 0.0120. The van der Waals surface area contributed by atoms with Gasteiger partial charge in [0.2, 0.25) is 5.88 Å². The normalized spacial score (nSPS) is 12.0. The average molecular weight is 482 g/mol. The molecule has 0 fully saturated rings. The molecule has 0 unspecified atom stereocenters. The van der Waals surface area contributed by atoms with Crippen LogP contribution in [-0.2, 0) is 17.1 Å². The Balaban J connectivity index is 1.84. The Morgan fingerprint density at radius 2 is 1.72 bits per heavy atom. The number of carbonyl (C=O) groups is 1. The number of amides is 1. The molecule has 0 aliphatic heterocycles. The number of rotatable bonds is 5. The van der Waals surface area contributed by atoms with Gasteiger partial charge in [0.25, 0.3) is 5.91 Å². The van der Waals surface area contributed by atoms with E-state index in [0.717, 1.165) is 0 Å². The van der Waals surface area contributed by atoms with Gasteiger partial charge in [0.15, 0.2) is 12.3 Å². The maximum Gasteiger partial charge on any atom is 0.435 e. The third kappa shape index (κ3) is 5.31. The highest BCUT2D eigenvalue weighted by molar-refractivity contribution is 6.32. The van der Waals surface area contributed by atoms with E-state index in [2.05, 4.69) is 5.10 Å². The van der Waals surface area contributed by atoms with Gasteiger partial charge >= 0.3 is 12.4 Å². The lowest BCUT2D eigenvalue weighted by molar-refractivity contribution is -0.141. The summed E-state index contributed by atoms with van der Waals surface area (Å²) in [5.74, 6) is -2.84. The number of anilines is 1. The topological polar surface area (TPSA) is 56.1 Å². The van der Waals surface area contributed by atoms with E-state index in [9.17, 15) is 35.5 Å². The molecule has 13 heteroatoms. The van der Waals surface area contributed by atoms with Crippen molar-refractivity contribution in [3.8, 4) is 11.6 Å². The van der Waals surface area contributed by atoms with Crippen LogP contribution in [0.3, 0.4) is 0 Å². The van der Waals surface area contributed by atoms with E-state index in [-0.39, 0.29) is 16.8 Å². The van der Waals surface area contributed by atoms with Gasteiger partial charge in [0.05, 0.1) is 22.0 Å². The summed E-state index contributed by atoms with van der Waals surface area (Å²) in [5.41, 5.74) is -3.52. The van der Waals surface area contributed by atoms with Gasteiger partial charge < -0.3 is 10.1 Å². The molecule has 0 saturated carbocycles. The second-order valence-electron chi connectivity index (χ2n) is 6.25. The lowest BCUT2D eigenvalue weighted by Gasteiger charge is -2.14. The van der Waals surface area contributed by atoms with Crippen molar-refractivity contribution >= 4 is 23.2 Å². The predicted molar refractivity (Wildman–Crippen MR) is 99.1 cm³/mol. The lowest BCUT2D eigenvalue weighted by Crippen LogP contribution is -2.23. The maximum atomic E-state index is 13.2. The summed E-state index contributed by atoms with van der Waals surface area (Å²) in [6, 6.07) is 7.83. The van der Waals surface area contributed by atoms with Crippen molar-refractivity contribution in [2.75, 3.05) is 11.9 Å². The molecular formula is C19H11ClF7N3O2. The molecule has 32 heavy (non-hydrogen) atoms. The van der Waals surface area contributed by atoms with Crippen molar-refractivity contribution < 1.29 is 40.3 Å². The van der Waals surface area contributed by atoms with Crippen LogP contribution in [0, 0.1) is 5.82 Å². The number of alkyl halides is 6. The molecule has 0 spiro atoms. The fourth-order valence-electron chi connectivity index (χ4n) is 2.59. The third-order valence-electron chi connectivity index (χ3n) is 3.96. The van der Waals surface area contributed by atoms with Crippen LogP contribution >= 0.6 is 11.6 Å². The minimum atomic E-state index is -4.96. The standard InChI is InChI=1S/C19H11ClF7N3O2/c20-12-3-1-2-4-14(12)30-17(8-15(29-30)19(25,26)27)32-9-16(31)28-13-6-5-10(21)7-11(13)18(22,23)24/h1-8H,9H2,(H,28,31). The molecule has 1 amide bonds. The van der Waals surface area contributed by atoms with Crippen molar-refractivity contribution in [2.24, 2.45) is 0 Å². The van der Waals surface area contributed by atoms with Crippen LogP contribution in [0.4, 0.5) is 36.4 Å². The minimum Gasteiger partial charge on any atom is -0.467 e. The third-order valence-corrected chi connectivity index (χ3v) is 4.28. The van der Waals surface area contributed by atoms with Crippen molar-refractivity contribution in [1.29, 1.82) is 0 Å². The smallest absolute Gasteiger partial charge is 0.435 e. The Morgan fingerprint density at radius 1 is 1.03 bits per heavy atom. The number of nitrogens with one attached hydrogen (secondary N) is 1. The molecule has 0 aliphatic rings. The first-order valence-electron chi connectivity index (χ1n) is 8.58. The number of aromatic nitrogens is 2. The van der Waals surface area contributed by atoms with Crippen LogP contribution in [0.25, 0.3) is 5.69 Å². The zero-order chi connectivity index (χ0) is 23.7. The molecule has 1 aromatic heterocycles. The summed E-state index contributed by atoms with van der Waals surface area (Å²) in [4.78, 5) is 12.1. The van der Waals surface area contributed by atoms with Gasteiger partial charge in [0.1, 0.15) is 5.82 Å². The first-order chi connectivity index (χ1) is 14.9. The van der Waals surface area contributed by atoms with Crippen LogP contribution in [0.2, 0.25) is 5.02 Å². The van der Waals surface area contributed by atoms with Gasteiger partial charge in [0, 0.05) is 6.07 Å². The fraction of sp³-hybridized carbons (Fsp3) is 0.158. The van der Waals surface area contributed by atoms with Crippen LogP contribution < -0.4 is 10.1 Å². The first-order valence-corrected chi connectivity index (χ1v) is 8.95. The van der Waals surface area contributed by atoms with Crippen LogP contribution in [0.15, 0.2) is 48.5 Å². The molecule has 3 rings (SSSR count). The Hall–Kier alpha value is -3.28. The fourth-order valence-corrected chi connectivity index (χ4v) is 2.80. The van der Waals surface area contributed by atoms with E-state index in [1.807, 2.05) is 5.32 Å². The van der Waals surface area contributed by atoms with Crippen molar-refractivity contribution in [3.63, 3.8) is 0 Å². The van der Waals surface area contributed by atoms with Gasteiger partial charge in [-0.15, -0.1) is 0 Å². The van der Waals surface area contributed by atoms with E-state index < -0.39 is 53.5 Å². The number of ether oxygens (including phenoxy) is 1. The summed E-state index contributed by atoms with van der Waals surface area (Å²) in [6.45, 7) is -0.970. The summed E-state index contributed by atoms with van der Waals surface area (Å²) in [5, 5.41) is 5.31. The molecule has 170 valence electrons. The van der Waals surface area contributed by atoms with Gasteiger partial charge in [-0.2, -0.15) is 36.1 Å². The largest absolute Gasteiger partial charge is 0.467 e. The zero-order valence-electron chi connectivity index (χ0n) is 15.6. The van der Waals surface area contributed by atoms with Crippen LogP contribution in [0.1, 0.15) is 11.3 Å². The molecule has 2 aromatic carbocycles. The Bertz CT molecular complexity index is 1140. The SMILES string of the molecule is O=C(COc1cc(C(F)(F)F)nn1-c1ccccc1Cl)Nc1ccc(F)cc1C(F)(F)F. The zero-order valence-corrected chi connectivity index (χ0v) is 16.3. The molecule has 5 nitrogen and oxygen atoms in total. The lowest BCUT2D eigenvalue weighted by atomic mass is 10.1. The van der Waals surface area contributed by atoms with Crippen molar-refractivity contribution in [1.82, 2.24) is 9.78 Å². The summed E-state index contributed by atoms with van der Waals surface area (Å²) in [7, 11) is 0. The van der Waals surface area contributed by atoms with Gasteiger partial charge in [-0.1, -0.05) is 23.7 Å². The summed E-state index contributed by atoms with van der Waals surface area (Å²) < 4.78 is 97.4. The Kier molecular flexibility index (Phi) is 6.35. The average Bonchev–Trinajstić information content (AvgIpc) is 3.12. The monoisotopic (exact) mass is 481 g/mol. The highest BCUT2D eigenvalue weighted by Gasteiger charge is 2.36. The van der Waals surface area contributed by atoms with E-state index >= 15 is 0 Å². The van der Waals surface area contributed by atoms with Crippen molar-refractivity contribution in [2.45, 2.75) is 12.4 Å². The molecular weight excluding hydrogens is 471 g/mol. The van der Waals surface area contributed by atoms with E-state index in [1.165, 1.54) is 24.3 Å². The molecule has 1 heterocycles. The molecule has 0 radical (unpaired) electrons. The molecule has 1 N–H and O–H groups in total. The highest BCUT2D eigenvalue weighted by atomic mass is 35.5. The second-order valence-corrected chi connectivity index (χ2v) is 6.66.